The fourth-order valence-electron chi connectivity index (χ4n) is 11.5. The van der Waals surface area contributed by atoms with E-state index in [1.165, 1.54) is 90.4 Å². The number of aliphatic hydroxyl groups excluding tert-OH is 1. The Morgan fingerprint density at radius 2 is 1.78 bits per heavy atom. The highest BCUT2D eigenvalue weighted by molar-refractivity contribution is 5.66. The van der Waals surface area contributed by atoms with Crippen molar-refractivity contribution in [1.82, 2.24) is 4.90 Å². The molecule has 5 heteroatoms. The normalized spacial score (nSPS) is 49.2. The first-order valence-corrected chi connectivity index (χ1v) is 15.8. The van der Waals surface area contributed by atoms with Crippen LogP contribution in [0.2, 0.25) is 0 Å². The van der Waals surface area contributed by atoms with E-state index in [4.69, 9.17) is 4.74 Å². The third-order valence-electron chi connectivity index (χ3n) is 13.2. The number of likely N-dealkylation sites (tertiary alicyclic amines) is 2. The summed E-state index contributed by atoms with van der Waals surface area (Å²) in [7, 11) is 0. The van der Waals surface area contributed by atoms with Crippen LogP contribution in [0.1, 0.15) is 91.4 Å². The minimum absolute atomic E-state index is 0.0325. The number of fused-ring (bicyclic) bond motifs is 5. The van der Waals surface area contributed by atoms with Crippen LogP contribution in [0.25, 0.3) is 0 Å². The summed E-state index contributed by atoms with van der Waals surface area (Å²) in [6, 6.07) is 0.765. The average Bonchev–Trinajstić information content (AvgIpc) is 3.60. The van der Waals surface area contributed by atoms with Crippen LogP contribution in [-0.2, 0) is 9.53 Å². The van der Waals surface area contributed by atoms with Gasteiger partial charge in [-0.1, -0.05) is 20.4 Å². The minimum atomic E-state index is -0.149. The highest BCUT2D eigenvalue weighted by Crippen LogP contribution is 2.67. The molecule has 10 atom stereocenters. The summed E-state index contributed by atoms with van der Waals surface area (Å²) in [6.45, 7) is 16.7. The third kappa shape index (κ3) is 4.08. The van der Waals surface area contributed by atoms with Gasteiger partial charge in [0.15, 0.2) is 6.10 Å². The highest BCUT2D eigenvalue weighted by Gasteiger charge is 2.67. The lowest BCUT2D eigenvalue weighted by Gasteiger charge is -2.62. The SMILES string of the molecule is C=CC[N+]1([C@H]2CC3C4CCC5C[C@H](O)[C@@H](N6CCCC6)C[C@]5(C)C4CC[C@]3(C)[C@H]2OC(C)=O)CCCC1. The topological polar surface area (TPSA) is 49.8 Å². The Bertz CT molecular complexity index is 879. The Balaban J connectivity index is 1.31. The van der Waals surface area contributed by atoms with Crippen LogP contribution in [0.15, 0.2) is 12.7 Å². The second-order valence-electron chi connectivity index (χ2n) is 14.7. The van der Waals surface area contributed by atoms with E-state index in [1.54, 1.807) is 6.92 Å². The summed E-state index contributed by atoms with van der Waals surface area (Å²) in [4.78, 5) is 15.1. The molecule has 4 saturated carbocycles. The van der Waals surface area contributed by atoms with Crippen molar-refractivity contribution in [2.24, 2.45) is 34.5 Å². The lowest BCUT2D eigenvalue weighted by Crippen LogP contribution is -2.60. The summed E-state index contributed by atoms with van der Waals surface area (Å²) in [5.41, 5.74) is 0.408. The molecule has 0 aromatic heterocycles. The predicted octanol–water partition coefficient (Wildman–Crippen LogP) is 5.17. The fraction of sp³-hybridized carbons (Fsp3) is 0.906. The largest absolute Gasteiger partial charge is 0.456 e. The lowest BCUT2D eigenvalue weighted by atomic mass is 9.44. The zero-order chi connectivity index (χ0) is 26.0. The number of hydrogen-bond donors (Lipinski definition) is 1. The zero-order valence-electron chi connectivity index (χ0n) is 23.9. The molecule has 6 fully saturated rings. The molecule has 2 heterocycles. The van der Waals surface area contributed by atoms with E-state index in [0.717, 1.165) is 29.3 Å². The van der Waals surface area contributed by atoms with Crippen LogP contribution in [0.3, 0.4) is 0 Å². The standard InChI is InChI=1S/C32H53N2O3/c1-5-16-34(17-8-9-18-34)28-20-26-24-11-10-23-19-29(36)27(33-14-6-7-15-33)21-32(23,4)25(24)12-13-31(26,3)30(28)37-22(2)35/h5,23-30,36H,1,6-21H2,2-4H3/q+1/t23?,24?,25?,26?,27-,28-,29-,30-,31-,32-/m0/s1. The van der Waals surface area contributed by atoms with Crippen molar-refractivity contribution in [2.45, 2.75) is 116 Å². The van der Waals surface area contributed by atoms with Gasteiger partial charge in [-0.15, -0.1) is 0 Å². The first-order chi connectivity index (χ1) is 17.7. The number of hydrogen-bond acceptors (Lipinski definition) is 4. The van der Waals surface area contributed by atoms with Crippen LogP contribution in [-0.4, -0.2) is 77.5 Å². The van der Waals surface area contributed by atoms with Crippen molar-refractivity contribution in [3.8, 4) is 0 Å². The fourth-order valence-corrected chi connectivity index (χ4v) is 11.5. The zero-order valence-corrected chi connectivity index (χ0v) is 23.9. The molecule has 0 amide bonds. The maximum Gasteiger partial charge on any atom is 0.303 e. The van der Waals surface area contributed by atoms with Crippen LogP contribution >= 0.6 is 0 Å². The number of nitrogens with zero attached hydrogens (tertiary/aromatic N) is 2. The van der Waals surface area contributed by atoms with Crippen molar-refractivity contribution >= 4 is 5.97 Å². The maximum absolute atomic E-state index is 12.5. The van der Waals surface area contributed by atoms with Gasteiger partial charge in [0.25, 0.3) is 0 Å². The molecule has 6 aliphatic rings. The van der Waals surface area contributed by atoms with Crippen molar-refractivity contribution in [1.29, 1.82) is 0 Å². The Morgan fingerprint density at radius 3 is 2.46 bits per heavy atom. The van der Waals surface area contributed by atoms with Crippen LogP contribution in [0.5, 0.6) is 0 Å². The van der Waals surface area contributed by atoms with Crippen molar-refractivity contribution in [3.05, 3.63) is 12.7 Å². The van der Waals surface area contributed by atoms with Gasteiger partial charge in [-0.2, -0.15) is 0 Å². The van der Waals surface area contributed by atoms with Crippen molar-refractivity contribution in [2.75, 3.05) is 32.7 Å². The molecule has 0 aromatic rings. The van der Waals surface area contributed by atoms with Gasteiger partial charge in [-0.3, -0.25) is 9.69 Å². The molecule has 2 aliphatic heterocycles. The molecular weight excluding hydrogens is 460 g/mol. The summed E-state index contributed by atoms with van der Waals surface area (Å²) >= 11 is 0. The first-order valence-electron chi connectivity index (χ1n) is 15.8. The van der Waals surface area contributed by atoms with E-state index in [9.17, 15) is 9.90 Å². The number of carbonyl (C=O) groups is 1. The van der Waals surface area contributed by atoms with Gasteiger partial charge in [-0.05, 0) is 99.6 Å². The molecule has 4 unspecified atom stereocenters. The number of rotatable bonds is 5. The Kier molecular flexibility index (Phi) is 6.85. The van der Waals surface area contributed by atoms with Gasteiger partial charge in [-0.25, -0.2) is 0 Å². The molecule has 37 heavy (non-hydrogen) atoms. The monoisotopic (exact) mass is 513 g/mol. The van der Waals surface area contributed by atoms with Crippen molar-refractivity contribution in [3.63, 3.8) is 0 Å². The quantitative estimate of drug-likeness (QED) is 0.313. The molecule has 2 saturated heterocycles. The van der Waals surface area contributed by atoms with E-state index >= 15 is 0 Å². The molecule has 208 valence electrons. The lowest BCUT2D eigenvalue weighted by molar-refractivity contribution is -0.937. The highest BCUT2D eigenvalue weighted by atomic mass is 16.5. The van der Waals surface area contributed by atoms with Crippen LogP contribution in [0.4, 0.5) is 0 Å². The third-order valence-corrected chi connectivity index (χ3v) is 13.2. The molecule has 0 spiro atoms. The van der Waals surface area contributed by atoms with E-state index in [2.05, 4.69) is 31.4 Å². The molecule has 0 bridgehead atoms. The van der Waals surface area contributed by atoms with Crippen LogP contribution in [0, 0.1) is 34.5 Å². The summed E-state index contributed by atoms with van der Waals surface area (Å²) < 4.78 is 7.45. The van der Waals surface area contributed by atoms with Crippen molar-refractivity contribution < 1.29 is 19.1 Å². The maximum atomic E-state index is 12.5. The number of aliphatic hydroxyl groups is 1. The number of carbonyl (C=O) groups excluding carboxylic acids is 1. The molecule has 0 radical (unpaired) electrons. The average molecular weight is 514 g/mol. The molecule has 1 N–H and O–H groups in total. The predicted molar refractivity (Wildman–Crippen MR) is 147 cm³/mol. The molecule has 5 nitrogen and oxygen atoms in total. The van der Waals surface area contributed by atoms with Gasteiger partial charge >= 0.3 is 5.97 Å². The number of ether oxygens (including phenoxy) is 1. The van der Waals surface area contributed by atoms with Gasteiger partial charge in [0.1, 0.15) is 6.04 Å². The van der Waals surface area contributed by atoms with E-state index in [-0.39, 0.29) is 23.6 Å². The van der Waals surface area contributed by atoms with Gasteiger partial charge in [0.2, 0.25) is 0 Å². The smallest absolute Gasteiger partial charge is 0.303 e. The van der Waals surface area contributed by atoms with Crippen LogP contribution < -0.4 is 0 Å². The van der Waals surface area contributed by atoms with Gasteiger partial charge in [0.05, 0.1) is 25.7 Å². The molecular formula is C32H53N2O3+. The molecule has 0 aromatic carbocycles. The number of quaternary nitrogens is 1. The Morgan fingerprint density at radius 1 is 1.05 bits per heavy atom. The molecule has 4 aliphatic carbocycles. The first kappa shape index (κ1) is 26.3. The molecule has 6 rings (SSSR count). The van der Waals surface area contributed by atoms with E-state index in [1.807, 2.05) is 0 Å². The second-order valence-corrected chi connectivity index (χ2v) is 14.7. The summed E-state index contributed by atoms with van der Waals surface area (Å²) in [5.74, 6) is 2.66. The van der Waals surface area contributed by atoms with E-state index < -0.39 is 0 Å². The second kappa shape index (κ2) is 9.63. The summed E-state index contributed by atoms with van der Waals surface area (Å²) in [6.07, 6.45) is 15.6. The summed E-state index contributed by atoms with van der Waals surface area (Å²) in [5, 5.41) is 11.2. The Labute approximate surface area is 225 Å². The number of esters is 1. The van der Waals surface area contributed by atoms with Gasteiger partial charge < -0.3 is 14.3 Å². The van der Waals surface area contributed by atoms with E-state index in [0.29, 0.717) is 29.3 Å². The van der Waals surface area contributed by atoms with Gasteiger partial charge in [0, 0.05) is 37.6 Å². The minimum Gasteiger partial charge on any atom is -0.456 e. The Hall–Kier alpha value is -0.910.